The number of benzene rings is 1. The Morgan fingerprint density at radius 1 is 1.28 bits per heavy atom. The molecule has 0 spiro atoms. The zero-order valence-electron chi connectivity index (χ0n) is 15.8. The minimum Gasteiger partial charge on any atom is -0.412 e. The van der Waals surface area contributed by atoms with Crippen molar-refractivity contribution in [1.29, 1.82) is 0 Å². The monoisotopic (exact) mass is 427 g/mol. The van der Waals surface area contributed by atoms with Gasteiger partial charge < -0.3 is 32.4 Å². The normalized spacial score (nSPS) is 24.7. The Labute approximate surface area is 170 Å². The summed E-state index contributed by atoms with van der Waals surface area (Å²) in [7, 11) is 0. The van der Waals surface area contributed by atoms with Crippen LogP contribution in [0, 0.1) is 0 Å². The Morgan fingerprint density at radius 2 is 1.93 bits per heavy atom. The van der Waals surface area contributed by atoms with Gasteiger partial charge in [0.05, 0.1) is 0 Å². The maximum absolute atomic E-state index is 12.7. The minimum atomic E-state index is -0.814. The summed E-state index contributed by atoms with van der Waals surface area (Å²) in [6.45, 7) is 4.05. The number of hydrogen-bond donors (Lipinski definition) is 3. The van der Waals surface area contributed by atoms with Gasteiger partial charge in [-0.15, -0.1) is 22.0 Å². The highest BCUT2D eigenvalue weighted by atomic mass is 32.2. The second-order valence-corrected chi connectivity index (χ2v) is 8.68. The van der Waals surface area contributed by atoms with Gasteiger partial charge in [-0.3, -0.25) is 9.59 Å². The zero-order valence-corrected chi connectivity index (χ0v) is 16.6. The van der Waals surface area contributed by atoms with Crippen molar-refractivity contribution in [3.05, 3.63) is 41.7 Å². The maximum atomic E-state index is 12.7. The van der Waals surface area contributed by atoms with Crippen LogP contribution in [0.15, 0.2) is 30.3 Å². The fraction of sp³-hybridized carbons (Fsp3) is 0.438. The number of H-pyrrole nitrogens is 1. The van der Waals surface area contributed by atoms with Crippen LogP contribution < -0.4 is 11.1 Å². The van der Waals surface area contributed by atoms with E-state index in [2.05, 4.69) is 25.9 Å². The number of thioether (sulfide) groups is 1. The largest absolute Gasteiger partial charge is 0.412 e. The molecule has 2 aromatic rings. The maximum Gasteiger partial charge on any atom is 0.249 e. The van der Waals surface area contributed by atoms with Crippen molar-refractivity contribution >= 4 is 23.6 Å². The number of rotatable bonds is 4. The molecule has 3 heterocycles. The number of fused-ring (bicyclic) bond motifs is 1. The average molecular weight is 427 g/mol. The van der Waals surface area contributed by atoms with Crippen molar-refractivity contribution < 1.29 is 26.0 Å². The van der Waals surface area contributed by atoms with Crippen LogP contribution in [0.4, 0.5) is 0 Å². The third-order valence-electron chi connectivity index (χ3n) is 4.79. The first-order valence-electron chi connectivity index (χ1n) is 8.24. The lowest BCUT2D eigenvalue weighted by Gasteiger charge is -2.44. The third kappa shape index (κ3) is 3.95. The van der Waals surface area contributed by atoms with E-state index < -0.39 is 12.1 Å². The lowest BCUT2D eigenvalue weighted by Crippen LogP contribution is -2.68. The number of carbonyl (C=O) groups excluding carboxylic acids is 2. The molecule has 2 fully saturated rings. The van der Waals surface area contributed by atoms with E-state index in [-0.39, 0.29) is 44.4 Å². The first-order chi connectivity index (χ1) is 12.4. The van der Waals surface area contributed by atoms with Gasteiger partial charge in [0.1, 0.15) is 23.5 Å². The summed E-state index contributed by atoms with van der Waals surface area (Å²) >= 11 is 1.61. The summed E-state index contributed by atoms with van der Waals surface area (Å²) in [5, 5.41) is 16.7. The fourth-order valence-corrected chi connectivity index (χ4v) is 5.13. The van der Waals surface area contributed by atoms with Gasteiger partial charge in [-0.05, 0) is 19.4 Å². The van der Waals surface area contributed by atoms with Crippen molar-refractivity contribution in [2.24, 2.45) is 5.73 Å². The van der Waals surface area contributed by atoms with Gasteiger partial charge >= 0.3 is 0 Å². The summed E-state index contributed by atoms with van der Waals surface area (Å²) in [5.74, 6) is -0.0452. The molecule has 10 N–H and O–H groups in total. The van der Waals surface area contributed by atoms with Crippen molar-refractivity contribution in [3.8, 4) is 0 Å². The van der Waals surface area contributed by atoms with E-state index in [0.717, 1.165) is 0 Å². The van der Waals surface area contributed by atoms with Crippen molar-refractivity contribution in [2.75, 3.05) is 0 Å². The fourth-order valence-electron chi connectivity index (χ4n) is 3.50. The van der Waals surface area contributed by atoms with Gasteiger partial charge in [0.2, 0.25) is 11.8 Å². The van der Waals surface area contributed by atoms with Crippen molar-refractivity contribution in [1.82, 2.24) is 30.8 Å². The van der Waals surface area contributed by atoms with Crippen LogP contribution in [-0.4, -0.2) is 69.9 Å². The molecule has 1 aromatic heterocycles. The summed E-state index contributed by atoms with van der Waals surface area (Å²) in [6, 6.07) is 7.38. The summed E-state index contributed by atoms with van der Waals surface area (Å²) in [5.41, 5.74) is 6.74. The van der Waals surface area contributed by atoms with Crippen molar-refractivity contribution in [2.45, 2.75) is 42.1 Å². The molecule has 4 rings (SSSR count). The van der Waals surface area contributed by atoms with Crippen LogP contribution in [0.3, 0.4) is 0 Å². The molecule has 3 unspecified atom stereocenters. The van der Waals surface area contributed by atoms with Gasteiger partial charge in [0.25, 0.3) is 0 Å². The molecule has 12 nitrogen and oxygen atoms in total. The zero-order chi connectivity index (χ0) is 18.5. The van der Waals surface area contributed by atoms with Gasteiger partial charge in [0, 0.05) is 4.75 Å². The number of amides is 2. The van der Waals surface area contributed by atoms with E-state index in [1.807, 2.05) is 32.0 Å². The highest BCUT2D eigenvalue weighted by Crippen LogP contribution is 2.56. The lowest BCUT2D eigenvalue weighted by atomic mass is 9.95. The Bertz CT molecular complexity index is 835. The molecule has 4 atom stereocenters. The number of nitrogens with one attached hydrogen (secondary N) is 2. The number of hydrogen-bond acceptors (Lipinski definition) is 7. The lowest BCUT2D eigenvalue weighted by molar-refractivity contribution is -0.152. The molecule has 29 heavy (non-hydrogen) atoms. The van der Waals surface area contributed by atoms with Gasteiger partial charge in [-0.1, -0.05) is 35.5 Å². The second kappa shape index (κ2) is 8.84. The standard InChI is InChI=1S/C16H19N7O2S.3H2O/c1-16(2)11(12-19-21-22-20-12)23-14(25)10(15(23)26-16)18-13(24)9(17)8-6-4-3-5-7-8;;;/h3-7,9-11,15H,17H2,1-2H3,(H,18,24)(H,19,20,21,22);3*1H2/t9?,10?,11?,15-;;;/m1.../s1. The average Bonchev–Trinajstić information content (AvgIpc) is 3.23. The predicted molar refractivity (Wildman–Crippen MR) is 105 cm³/mol. The van der Waals surface area contributed by atoms with Crippen LogP contribution in [0.2, 0.25) is 0 Å². The number of carbonyl (C=O) groups is 2. The van der Waals surface area contributed by atoms with Crippen LogP contribution in [-0.2, 0) is 9.59 Å². The smallest absolute Gasteiger partial charge is 0.249 e. The highest BCUT2D eigenvalue weighted by Gasteiger charge is 2.63. The summed E-state index contributed by atoms with van der Waals surface area (Å²) in [6.07, 6.45) is 0. The highest BCUT2D eigenvalue weighted by molar-refractivity contribution is 8.01. The molecule has 2 aliphatic heterocycles. The second-order valence-electron chi connectivity index (χ2n) is 6.90. The van der Waals surface area contributed by atoms with E-state index in [1.165, 1.54) is 0 Å². The van der Waals surface area contributed by atoms with Gasteiger partial charge in [-0.2, -0.15) is 5.21 Å². The first kappa shape index (κ1) is 24.5. The van der Waals surface area contributed by atoms with Crippen LogP contribution in [0.5, 0.6) is 0 Å². The number of nitrogens with zero attached hydrogens (tertiary/aromatic N) is 4. The molecular weight excluding hydrogens is 402 g/mol. The van der Waals surface area contributed by atoms with Crippen molar-refractivity contribution in [3.63, 3.8) is 0 Å². The molecule has 2 aliphatic rings. The van der Waals surface area contributed by atoms with E-state index in [0.29, 0.717) is 11.4 Å². The molecule has 2 saturated heterocycles. The molecule has 0 aliphatic carbocycles. The SMILES string of the molecule is CC1(C)S[C@@H]2C(NC(=O)C(N)c3ccccc3)C(=O)N2C1c1nn[nH]n1.O.O.O. The van der Waals surface area contributed by atoms with E-state index in [4.69, 9.17) is 5.73 Å². The molecule has 1 aromatic carbocycles. The number of β-lactam (4-membered cyclic amide) rings is 1. The number of nitrogens with two attached hydrogens (primary N) is 1. The molecule has 0 saturated carbocycles. The van der Waals surface area contributed by atoms with Crippen LogP contribution >= 0.6 is 11.8 Å². The number of aromatic nitrogens is 4. The minimum absolute atomic E-state index is 0. The molecule has 2 amide bonds. The van der Waals surface area contributed by atoms with E-state index >= 15 is 0 Å². The van der Waals surface area contributed by atoms with Crippen LogP contribution in [0.1, 0.15) is 37.3 Å². The molecule has 160 valence electrons. The molecular formula is C16H25N7O5S. The van der Waals surface area contributed by atoms with E-state index in [1.54, 1.807) is 28.8 Å². The topological polar surface area (TPSA) is 224 Å². The summed E-state index contributed by atoms with van der Waals surface area (Å²) in [4.78, 5) is 26.9. The quantitative estimate of drug-likeness (QED) is 0.449. The Morgan fingerprint density at radius 3 is 2.52 bits per heavy atom. The van der Waals surface area contributed by atoms with Gasteiger partial charge in [0.15, 0.2) is 5.82 Å². The van der Waals surface area contributed by atoms with Gasteiger partial charge in [-0.25, -0.2) is 0 Å². The number of tetrazole rings is 1. The third-order valence-corrected chi connectivity index (χ3v) is 6.36. The molecule has 0 bridgehead atoms. The number of aromatic amines is 1. The predicted octanol–water partition coefficient (Wildman–Crippen LogP) is -2.35. The first-order valence-corrected chi connectivity index (χ1v) is 9.12. The van der Waals surface area contributed by atoms with E-state index in [9.17, 15) is 9.59 Å². The summed E-state index contributed by atoms with van der Waals surface area (Å²) < 4.78 is -0.300. The molecule has 0 radical (unpaired) electrons. The van der Waals surface area contributed by atoms with Crippen LogP contribution in [0.25, 0.3) is 0 Å². The Balaban J connectivity index is 0.00000140. The Kier molecular flexibility index (Phi) is 7.45. The Hall–Kier alpha value is -2.58. The molecule has 13 heteroatoms.